The molecule has 4 heteroatoms. The van der Waals surface area contributed by atoms with E-state index in [0.717, 1.165) is 35.6 Å². The predicted molar refractivity (Wildman–Crippen MR) is 64.7 cm³/mol. The fraction of sp³-hybridized carbons (Fsp3) is 0.500. The van der Waals surface area contributed by atoms with Gasteiger partial charge >= 0.3 is 0 Å². The summed E-state index contributed by atoms with van der Waals surface area (Å²) in [5.74, 6) is 1.07. The molecule has 0 unspecified atom stereocenters. The van der Waals surface area contributed by atoms with Crippen molar-refractivity contribution in [2.45, 2.75) is 26.2 Å². The normalized spacial score (nSPS) is 16.9. The number of aryl methyl sites for hydroxylation is 1. The second-order valence-electron chi connectivity index (χ2n) is 4.46. The molecule has 1 saturated heterocycles. The third-order valence-electron chi connectivity index (χ3n) is 3.19. The van der Waals surface area contributed by atoms with Crippen LogP contribution in [-0.2, 0) is 0 Å². The van der Waals surface area contributed by atoms with Crippen LogP contribution >= 0.6 is 0 Å². The Morgan fingerprint density at radius 2 is 2.00 bits per heavy atom. The van der Waals surface area contributed by atoms with Gasteiger partial charge in [0, 0.05) is 18.8 Å². The maximum atomic E-state index is 4.43. The standard InChI is InChI=1S/C12H16N4/c1-9-7-10-11(15-9)12(14-8-13-10)16-5-3-2-4-6-16/h7-8,15H,2-6H2,1H3. The minimum absolute atomic E-state index is 1.02. The summed E-state index contributed by atoms with van der Waals surface area (Å²) in [7, 11) is 0. The fourth-order valence-corrected chi connectivity index (χ4v) is 2.40. The number of nitrogens with one attached hydrogen (secondary N) is 1. The van der Waals surface area contributed by atoms with Gasteiger partial charge in [0.1, 0.15) is 11.8 Å². The SMILES string of the molecule is Cc1cc2ncnc(N3CCCCC3)c2[nH]1. The molecule has 3 heterocycles. The lowest BCUT2D eigenvalue weighted by molar-refractivity contribution is 0.574. The lowest BCUT2D eigenvalue weighted by Gasteiger charge is -2.27. The number of aromatic nitrogens is 3. The third kappa shape index (κ3) is 1.54. The van der Waals surface area contributed by atoms with Crippen LogP contribution in [0.2, 0.25) is 0 Å². The van der Waals surface area contributed by atoms with Crippen molar-refractivity contribution in [3.8, 4) is 0 Å². The van der Waals surface area contributed by atoms with Gasteiger partial charge in [-0.25, -0.2) is 9.97 Å². The number of fused-ring (bicyclic) bond motifs is 1. The smallest absolute Gasteiger partial charge is 0.156 e. The number of rotatable bonds is 1. The van der Waals surface area contributed by atoms with Crippen molar-refractivity contribution in [2.75, 3.05) is 18.0 Å². The third-order valence-corrected chi connectivity index (χ3v) is 3.19. The number of piperidine rings is 1. The number of anilines is 1. The van der Waals surface area contributed by atoms with Gasteiger partial charge in [0.2, 0.25) is 0 Å². The Kier molecular flexibility index (Phi) is 2.27. The molecule has 4 nitrogen and oxygen atoms in total. The first kappa shape index (κ1) is 9.63. The maximum Gasteiger partial charge on any atom is 0.156 e. The molecule has 0 saturated carbocycles. The van der Waals surface area contributed by atoms with Gasteiger partial charge in [0.15, 0.2) is 5.82 Å². The Balaban J connectivity index is 2.07. The summed E-state index contributed by atoms with van der Waals surface area (Å²) in [6, 6.07) is 2.07. The monoisotopic (exact) mass is 216 g/mol. The molecular weight excluding hydrogens is 200 g/mol. The van der Waals surface area contributed by atoms with E-state index < -0.39 is 0 Å². The molecule has 0 atom stereocenters. The molecule has 0 radical (unpaired) electrons. The highest BCUT2D eigenvalue weighted by molar-refractivity contribution is 5.86. The zero-order valence-electron chi connectivity index (χ0n) is 9.53. The molecule has 2 aromatic rings. The van der Waals surface area contributed by atoms with E-state index in [0.29, 0.717) is 0 Å². The van der Waals surface area contributed by atoms with E-state index in [1.807, 2.05) is 0 Å². The van der Waals surface area contributed by atoms with E-state index in [1.165, 1.54) is 19.3 Å². The first-order chi connectivity index (χ1) is 7.84. The molecule has 0 spiro atoms. The molecule has 1 fully saturated rings. The summed E-state index contributed by atoms with van der Waals surface area (Å²) in [6.45, 7) is 4.29. The first-order valence-electron chi connectivity index (χ1n) is 5.90. The maximum absolute atomic E-state index is 4.43. The van der Waals surface area contributed by atoms with Gasteiger partial charge in [0.25, 0.3) is 0 Å². The van der Waals surface area contributed by atoms with Crippen molar-refractivity contribution in [3.63, 3.8) is 0 Å². The molecular formula is C12H16N4. The van der Waals surface area contributed by atoms with E-state index in [1.54, 1.807) is 6.33 Å². The van der Waals surface area contributed by atoms with Crippen LogP contribution in [0.1, 0.15) is 25.0 Å². The van der Waals surface area contributed by atoms with Crippen molar-refractivity contribution in [1.29, 1.82) is 0 Å². The first-order valence-corrected chi connectivity index (χ1v) is 5.90. The van der Waals surface area contributed by atoms with E-state index in [2.05, 4.69) is 32.8 Å². The predicted octanol–water partition coefficient (Wildman–Crippen LogP) is 2.26. The fourth-order valence-electron chi connectivity index (χ4n) is 2.40. The Morgan fingerprint density at radius 3 is 2.81 bits per heavy atom. The van der Waals surface area contributed by atoms with E-state index >= 15 is 0 Å². The summed E-state index contributed by atoms with van der Waals surface area (Å²) in [5.41, 5.74) is 3.25. The van der Waals surface area contributed by atoms with Gasteiger partial charge in [-0.05, 0) is 32.3 Å². The second kappa shape index (κ2) is 3.77. The van der Waals surface area contributed by atoms with E-state index in [-0.39, 0.29) is 0 Å². The van der Waals surface area contributed by atoms with Crippen LogP contribution in [0, 0.1) is 6.92 Å². The number of aromatic amines is 1. The van der Waals surface area contributed by atoms with Crippen molar-refractivity contribution in [2.24, 2.45) is 0 Å². The number of hydrogen-bond acceptors (Lipinski definition) is 3. The Bertz CT molecular complexity index is 497. The summed E-state index contributed by atoms with van der Waals surface area (Å²) < 4.78 is 0. The molecule has 0 amide bonds. The Labute approximate surface area is 94.7 Å². The van der Waals surface area contributed by atoms with E-state index in [4.69, 9.17) is 0 Å². The highest BCUT2D eigenvalue weighted by Gasteiger charge is 2.16. The average molecular weight is 216 g/mol. The molecule has 0 aromatic carbocycles. The topological polar surface area (TPSA) is 44.8 Å². The van der Waals surface area contributed by atoms with Crippen LogP contribution in [0.25, 0.3) is 11.0 Å². The molecule has 3 rings (SSSR count). The highest BCUT2D eigenvalue weighted by atomic mass is 15.2. The molecule has 84 valence electrons. The van der Waals surface area contributed by atoms with Gasteiger partial charge < -0.3 is 9.88 Å². The van der Waals surface area contributed by atoms with Crippen LogP contribution in [-0.4, -0.2) is 28.0 Å². The number of H-pyrrole nitrogens is 1. The molecule has 0 bridgehead atoms. The van der Waals surface area contributed by atoms with Gasteiger partial charge in [-0.1, -0.05) is 0 Å². The summed E-state index contributed by atoms with van der Waals surface area (Å²) in [5, 5.41) is 0. The molecule has 2 aromatic heterocycles. The molecule has 1 aliphatic rings. The van der Waals surface area contributed by atoms with Crippen LogP contribution in [0.3, 0.4) is 0 Å². The van der Waals surface area contributed by atoms with Gasteiger partial charge in [-0.2, -0.15) is 0 Å². The zero-order chi connectivity index (χ0) is 11.0. The van der Waals surface area contributed by atoms with Crippen LogP contribution in [0.15, 0.2) is 12.4 Å². The molecule has 16 heavy (non-hydrogen) atoms. The minimum Gasteiger partial charge on any atom is -0.355 e. The molecule has 1 aliphatic heterocycles. The number of nitrogens with zero attached hydrogens (tertiary/aromatic N) is 3. The largest absolute Gasteiger partial charge is 0.355 e. The summed E-state index contributed by atoms with van der Waals surface area (Å²) in [4.78, 5) is 14.4. The summed E-state index contributed by atoms with van der Waals surface area (Å²) >= 11 is 0. The minimum atomic E-state index is 1.02. The van der Waals surface area contributed by atoms with Gasteiger partial charge in [-0.3, -0.25) is 0 Å². The van der Waals surface area contributed by atoms with Crippen LogP contribution < -0.4 is 4.90 Å². The van der Waals surface area contributed by atoms with Crippen molar-refractivity contribution in [3.05, 3.63) is 18.1 Å². The quantitative estimate of drug-likeness (QED) is 0.795. The summed E-state index contributed by atoms with van der Waals surface area (Å²) in [6.07, 6.45) is 5.55. The van der Waals surface area contributed by atoms with Crippen molar-refractivity contribution < 1.29 is 0 Å². The molecule has 1 N–H and O–H groups in total. The van der Waals surface area contributed by atoms with Crippen molar-refractivity contribution in [1.82, 2.24) is 15.0 Å². The van der Waals surface area contributed by atoms with Crippen LogP contribution in [0.4, 0.5) is 5.82 Å². The lowest BCUT2D eigenvalue weighted by Crippen LogP contribution is -2.30. The lowest BCUT2D eigenvalue weighted by atomic mass is 10.1. The zero-order valence-corrected chi connectivity index (χ0v) is 9.53. The number of hydrogen-bond donors (Lipinski definition) is 1. The highest BCUT2D eigenvalue weighted by Crippen LogP contribution is 2.25. The van der Waals surface area contributed by atoms with Gasteiger partial charge in [0.05, 0.1) is 5.52 Å². The van der Waals surface area contributed by atoms with Crippen molar-refractivity contribution >= 4 is 16.9 Å². The Morgan fingerprint density at radius 1 is 1.19 bits per heavy atom. The van der Waals surface area contributed by atoms with Crippen LogP contribution in [0.5, 0.6) is 0 Å². The van der Waals surface area contributed by atoms with E-state index in [9.17, 15) is 0 Å². The second-order valence-corrected chi connectivity index (χ2v) is 4.46. The Hall–Kier alpha value is -1.58. The molecule has 0 aliphatic carbocycles. The average Bonchev–Trinajstić information content (AvgIpc) is 2.70. The van der Waals surface area contributed by atoms with Gasteiger partial charge in [-0.15, -0.1) is 0 Å².